The van der Waals surface area contributed by atoms with E-state index in [2.05, 4.69) is 9.71 Å². The molecule has 0 bridgehead atoms. The SMILES string of the molecule is COc1ccc(S(=O)(=O)Nc2nc3ccc(Cl)cc3s2)cc1OC. The molecule has 0 atom stereocenters. The molecule has 6 nitrogen and oxygen atoms in total. The largest absolute Gasteiger partial charge is 0.493 e. The topological polar surface area (TPSA) is 77.5 Å². The summed E-state index contributed by atoms with van der Waals surface area (Å²) >= 11 is 7.14. The number of hydrogen-bond acceptors (Lipinski definition) is 6. The summed E-state index contributed by atoms with van der Waals surface area (Å²) in [6, 6.07) is 9.55. The number of aromatic nitrogens is 1. The number of benzene rings is 2. The van der Waals surface area contributed by atoms with Crippen LogP contribution in [-0.4, -0.2) is 27.6 Å². The van der Waals surface area contributed by atoms with Crippen molar-refractivity contribution in [1.29, 1.82) is 0 Å². The molecule has 0 amide bonds. The van der Waals surface area contributed by atoms with Crippen LogP contribution >= 0.6 is 22.9 Å². The number of fused-ring (bicyclic) bond motifs is 1. The second-order valence-corrected chi connectivity index (χ2v) is 7.90. The van der Waals surface area contributed by atoms with Gasteiger partial charge >= 0.3 is 0 Å². The van der Waals surface area contributed by atoms with E-state index in [4.69, 9.17) is 21.1 Å². The van der Waals surface area contributed by atoms with E-state index in [0.717, 1.165) is 4.70 Å². The van der Waals surface area contributed by atoms with E-state index in [1.165, 1.54) is 43.8 Å². The lowest BCUT2D eigenvalue weighted by Crippen LogP contribution is -2.13. The monoisotopic (exact) mass is 384 g/mol. The molecule has 2 aromatic carbocycles. The fourth-order valence-electron chi connectivity index (χ4n) is 2.10. The Morgan fingerprint density at radius 3 is 2.54 bits per heavy atom. The molecule has 1 N–H and O–H groups in total. The molecule has 0 saturated carbocycles. The quantitative estimate of drug-likeness (QED) is 0.724. The summed E-state index contributed by atoms with van der Waals surface area (Å²) in [7, 11) is -0.873. The van der Waals surface area contributed by atoms with Gasteiger partial charge in [-0.2, -0.15) is 0 Å². The van der Waals surface area contributed by atoms with E-state index in [9.17, 15) is 8.42 Å². The van der Waals surface area contributed by atoms with Crippen LogP contribution in [0.1, 0.15) is 0 Å². The highest BCUT2D eigenvalue weighted by Gasteiger charge is 2.19. The number of ether oxygens (including phenoxy) is 2. The van der Waals surface area contributed by atoms with Crippen molar-refractivity contribution in [3.8, 4) is 11.5 Å². The van der Waals surface area contributed by atoms with Gasteiger partial charge in [0.1, 0.15) is 0 Å². The minimum atomic E-state index is -3.80. The summed E-state index contributed by atoms with van der Waals surface area (Å²) in [5.74, 6) is 0.780. The van der Waals surface area contributed by atoms with Crippen molar-refractivity contribution in [2.75, 3.05) is 18.9 Å². The van der Waals surface area contributed by atoms with Gasteiger partial charge < -0.3 is 9.47 Å². The van der Waals surface area contributed by atoms with Gasteiger partial charge in [-0.25, -0.2) is 13.4 Å². The molecular formula is C15H13ClN2O4S2. The van der Waals surface area contributed by atoms with Crippen LogP contribution in [-0.2, 0) is 10.0 Å². The number of anilines is 1. The lowest BCUT2D eigenvalue weighted by molar-refractivity contribution is 0.354. The van der Waals surface area contributed by atoms with Gasteiger partial charge in [-0.15, -0.1) is 0 Å². The van der Waals surface area contributed by atoms with Crippen molar-refractivity contribution in [2.24, 2.45) is 0 Å². The number of nitrogens with zero attached hydrogens (tertiary/aromatic N) is 1. The van der Waals surface area contributed by atoms with Crippen molar-refractivity contribution in [3.05, 3.63) is 41.4 Å². The van der Waals surface area contributed by atoms with Crippen LogP contribution in [0.2, 0.25) is 5.02 Å². The highest BCUT2D eigenvalue weighted by atomic mass is 35.5. The number of thiazole rings is 1. The summed E-state index contributed by atoms with van der Waals surface area (Å²) in [4.78, 5) is 4.31. The number of methoxy groups -OCH3 is 2. The Kier molecular flexibility index (Phi) is 4.53. The van der Waals surface area contributed by atoms with Crippen LogP contribution in [0.3, 0.4) is 0 Å². The third-order valence-electron chi connectivity index (χ3n) is 3.24. The maximum Gasteiger partial charge on any atom is 0.263 e. The van der Waals surface area contributed by atoms with Crippen molar-refractivity contribution >= 4 is 48.3 Å². The molecule has 3 aromatic rings. The van der Waals surface area contributed by atoms with Crippen LogP contribution in [0, 0.1) is 0 Å². The van der Waals surface area contributed by atoms with Gasteiger partial charge in [-0.3, -0.25) is 4.72 Å². The van der Waals surface area contributed by atoms with Crippen molar-refractivity contribution < 1.29 is 17.9 Å². The number of hydrogen-bond donors (Lipinski definition) is 1. The minimum absolute atomic E-state index is 0.0532. The Hall–Kier alpha value is -2.03. The molecule has 0 aliphatic carbocycles. The summed E-state index contributed by atoms with van der Waals surface area (Å²) in [5.41, 5.74) is 0.675. The Morgan fingerprint density at radius 1 is 1.08 bits per heavy atom. The average Bonchev–Trinajstić information content (AvgIpc) is 2.94. The number of nitrogens with one attached hydrogen (secondary N) is 1. The molecule has 126 valence electrons. The van der Waals surface area contributed by atoms with Gasteiger partial charge in [0.15, 0.2) is 16.6 Å². The summed E-state index contributed by atoms with van der Waals surface area (Å²) in [6.45, 7) is 0. The summed E-state index contributed by atoms with van der Waals surface area (Å²) in [5, 5.41) is 0.836. The van der Waals surface area contributed by atoms with Gasteiger partial charge in [-0.05, 0) is 30.3 Å². The molecule has 0 fully saturated rings. The minimum Gasteiger partial charge on any atom is -0.493 e. The van der Waals surface area contributed by atoms with Gasteiger partial charge in [0.25, 0.3) is 10.0 Å². The van der Waals surface area contributed by atoms with Crippen molar-refractivity contribution in [2.45, 2.75) is 4.90 Å². The fraction of sp³-hybridized carbons (Fsp3) is 0.133. The van der Waals surface area contributed by atoms with Crippen LogP contribution in [0.25, 0.3) is 10.2 Å². The van der Waals surface area contributed by atoms with Crippen LogP contribution in [0.4, 0.5) is 5.13 Å². The average molecular weight is 385 g/mol. The van der Waals surface area contributed by atoms with E-state index < -0.39 is 10.0 Å². The molecule has 0 radical (unpaired) electrons. The highest BCUT2D eigenvalue weighted by Crippen LogP contribution is 2.32. The normalized spacial score (nSPS) is 11.5. The van der Waals surface area contributed by atoms with E-state index in [0.29, 0.717) is 22.0 Å². The lowest BCUT2D eigenvalue weighted by atomic mass is 10.3. The molecule has 0 aliphatic rings. The second kappa shape index (κ2) is 6.46. The zero-order valence-corrected chi connectivity index (χ0v) is 15.1. The molecule has 1 heterocycles. The first kappa shape index (κ1) is 16.8. The maximum atomic E-state index is 12.5. The van der Waals surface area contributed by atoms with Gasteiger partial charge in [-0.1, -0.05) is 22.9 Å². The molecule has 3 rings (SSSR count). The summed E-state index contributed by atoms with van der Waals surface area (Å²) in [6.07, 6.45) is 0. The van der Waals surface area contributed by atoms with E-state index in [1.807, 2.05) is 0 Å². The predicted octanol–water partition coefficient (Wildman–Crippen LogP) is 3.77. The van der Waals surface area contributed by atoms with E-state index >= 15 is 0 Å². The zero-order chi connectivity index (χ0) is 17.3. The third-order valence-corrected chi connectivity index (χ3v) is 5.87. The molecule has 9 heteroatoms. The van der Waals surface area contributed by atoms with E-state index in [-0.39, 0.29) is 10.0 Å². The Balaban J connectivity index is 1.95. The first-order valence-corrected chi connectivity index (χ1v) is 9.41. The van der Waals surface area contributed by atoms with E-state index in [1.54, 1.807) is 18.2 Å². The smallest absolute Gasteiger partial charge is 0.263 e. The Labute approximate surface area is 148 Å². The van der Waals surface area contributed by atoms with Gasteiger partial charge in [0.2, 0.25) is 0 Å². The van der Waals surface area contributed by atoms with Gasteiger partial charge in [0.05, 0.1) is 29.3 Å². The van der Waals surface area contributed by atoms with Crippen LogP contribution in [0.15, 0.2) is 41.3 Å². The first-order valence-electron chi connectivity index (χ1n) is 6.74. The zero-order valence-electron chi connectivity index (χ0n) is 12.7. The van der Waals surface area contributed by atoms with Crippen LogP contribution < -0.4 is 14.2 Å². The molecule has 0 unspecified atom stereocenters. The number of sulfonamides is 1. The number of rotatable bonds is 5. The van der Waals surface area contributed by atoms with Crippen LogP contribution in [0.5, 0.6) is 11.5 Å². The number of halogens is 1. The molecule has 0 spiro atoms. The molecule has 24 heavy (non-hydrogen) atoms. The fourth-order valence-corrected chi connectivity index (χ4v) is 4.49. The lowest BCUT2D eigenvalue weighted by Gasteiger charge is -2.10. The molecular weight excluding hydrogens is 372 g/mol. The predicted molar refractivity (Wildman–Crippen MR) is 95.0 cm³/mol. The second-order valence-electron chi connectivity index (χ2n) is 4.75. The molecule has 0 saturated heterocycles. The standard InChI is InChI=1S/C15H13ClN2O4S2/c1-21-12-6-4-10(8-13(12)22-2)24(19,20)18-15-17-11-5-3-9(16)7-14(11)23-15/h3-8H,1-2H3,(H,17,18). The molecule has 1 aromatic heterocycles. The third kappa shape index (κ3) is 3.26. The Morgan fingerprint density at radius 2 is 1.83 bits per heavy atom. The first-order chi connectivity index (χ1) is 11.4. The van der Waals surface area contributed by atoms with Crippen molar-refractivity contribution in [1.82, 2.24) is 4.98 Å². The van der Waals surface area contributed by atoms with Crippen molar-refractivity contribution in [3.63, 3.8) is 0 Å². The molecule has 0 aliphatic heterocycles. The van der Waals surface area contributed by atoms with Gasteiger partial charge in [0, 0.05) is 11.1 Å². The summed E-state index contributed by atoms with van der Waals surface area (Å²) < 4.78 is 38.6. The Bertz CT molecular complexity index is 1000. The highest BCUT2D eigenvalue weighted by molar-refractivity contribution is 7.93. The maximum absolute atomic E-state index is 12.5.